The molecule has 184 valence electrons. The highest BCUT2D eigenvalue weighted by Gasteiger charge is 2.31. The molecule has 2 heterocycles. The van der Waals surface area contributed by atoms with Crippen LogP contribution in [0.2, 0.25) is 0 Å². The maximum atomic E-state index is 15.2. The van der Waals surface area contributed by atoms with E-state index in [0.29, 0.717) is 17.7 Å². The van der Waals surface area contributed by atoms with Crippen molar-refractivity contribution in [1.29, 1.82) is 0 Å². The van der Waals surface area contributed by atoms with Gasteiger partial charge in [0.2, 0.25) is 5.82 Å². The van der Waals surface area contributed by atoms with E-state index in [-0.39, 0.29) is 17.1 Å². The minimum atomic E-state index is -4.65. The van der Waals surface area contributed by atoms with E-state index in [4.69, 9.17) is 4.74 Å². The summed E-state index contributed by atoms with van der Waals surface area (Å²) in [5.74, 6) is -3.01. The SMILES string of the molecule is CC1=Cc2c(ccc(Oc3ncnc(Nc4cc(-n5cnc(C)c5)cc(C(F)(F)F)c4)c3F)c2F)C1. The van der Waals surface area contributed by atoms with Gasteiger partial charge < -0.3 is 14.6 Å². The second kappa shape index (κ2) is 8.74. The van der Waals surface area contributed by atoms with Crippen molar-refractivity contribution in [3.05, 3.63) is 88.8 Å². The Bertz CT molecular complexity index is 1510. The number of halogens is 5. The maximum Gasteiger partial charge on any atom is 0.416 e. The van der Waals surface area contributed by atoms with Crippen LogP contribution in [0, 0.1) is 18.6 Å². The van der Waals surface area contributed by atoms with E-state index in [1.54, 1.807) is 25.3 Å². The summed E-state index contributed by atoms with van der Waals surface area (Å²) in [6.45, 7) is 3.57. The maximum absolute atomic E-state index is 15.2. The number of benzene rings is 2. The van der Waals surface area contributed by atoms with Crippen LogP contribution in [0.1, 0.15) is 29.3 Å². The predicted octanol–water partition coefficient (Wildman–Crippen LogP) is 6.76. The fourth-order valence-electron chi connectivity index (χ4n) is 3.91. The largest absolute Gasteiger partial charge is 0.433 e. The molecule has 4 aromatic rings. The minimum absolute atomic E-state index is 0.0842. The van der Waals surface area contributed by atoms with Gasteiger partial charge in [-0.05, 0) is 50.1 Å². The van der Waals surface area contributed by atoms with E-state index < -0.39 is 35.1 Å². The van der Waals surface area contributed by atoms with E-state index in [2.05, 4.69) is 20.3 Å². The molecule has 2 aromatic carbocycles. The highest BCUT2D eigenvalue weighted by atomic mass is 19.4. The molecule has 5 rings (SSSR count). The Balaban J connectivity index is 1.48. The van der Waals surface area contributed by atoms with Gasteiger partial charge in [-0.2, -0.15) is 22.5 Å². The lowest BCUT2D eigenvalue weighted by atomic mass is 10.1. The van der Waals surface area contributed by atoms with Crippen LogP contribution in [0.3, 0.4) is 0 Å². The van der Waals surface area contributed by atoms with Crippen LogP contribution in [0.15, 0.2) is 54.8 Å². The van der Waals surface area contributed by atoms with Crippen LogP contribution >= 0.6 is 0 Å². The Labute approximate surface area is 202 Å². The van der Waals surface area contributed by atoms with Crippen molar-refractivity contribution in [3.63, 3.8) is 0 Å². The third-order valence-electron chi connectivity index (χ3n) is 5.58. The number of aromatic nitrogens is 4. The van der Waals surface area contributed by atoms with E-state index in [9.17, 15) is 17.6 Å². The lowest BCUT2D eigenvalue weighted by molar-refractivity contribution is -0.137. The molecule has 6 nitrogen and oxygen atoms in total. The minimum Gasteiger partial charge on any atom is -0.433 e. The van der Waals surface area contributed by atoms with Gasteiger partial charge in [0, 0.05) is 23.1 Å². The number of hydrogen-bond acceptors (Lipinski definition) is 5. The van der Waals surface area contributed by atoms with Crippen LogP contribution < -0.4 is 10.1 Å². The first-order valence-electron chi connectivity index (χ1n) is 10.8. The molecule has 0 radical (unpaired) electrons. The third-order valence-corrected chi connectivity index (χ3v) is 5.58. The van der Waals surface area contributed by atoms with Gasteiger partial charge in [0.1, 0.15) is 6.33 Å². The molecule has 2 aromatic heterocycles. The normalized spacial score (nSPS) is 12.9. The van der Waals surface area contributed by atoms with Gasteiger partial charge in [0.05, 0.1) is 17.6 Å². The van der Waals surface area contributed by atoms with Gasteiger partial charge in [-0.1, -0.05) is 17.7 Å². The fourth-order valence-corrected chi connectivity index (χ4v) is 3.91. The van der Waals surface area contributed by atoms with Crippen molar-refractivity contribution < 1.29 is 26.7 Å². The van der Waals surface area contributed by atoms with Crippen molar-refractivity contribution in [3.8, 4) is 17.3 Å². The summed E-state index contributed by atoms with van der Waals surface area (Å²) in [7, 11) is 0. The number of nitrogens with zero attached hydrogens (tertiary/aromatic N) is 4. The molecule has 1 N–H and O–H groups in total. The molecule has 0 saturated carbocycles. The highest BCUT2D eigenvalue weighted by Crippen LogP contribution is 2.36. The molecular formula is C25H18F5N5O. The summed E-state index contributed by atoms with van der Waals surface area (Å²) in [6, 6.07) is 6.21. The monoisotopic (exact) mass is 499 g/mol. The van der Waals surface area contributed by atoms with E-state index >= 15 is 4.39 Å². The first-order valence-corrected chi connectivity index (χ1v) is 10.8. The van der Waals surface area contributed by atoms with Crippen molar-refractivity contribution in [1.82, 2.24) is 19.5 Å². The summed E-state index contributed by atoms with van der Waals surface area (Å²) in [5, 5.41) is 2.55. The van der Waals surface area contributed by atoms with E-state index in [1.165, 1.54) is 23.0 Å². The number of hydrogen-bond donors (Lipinski definition) is 1. The number of aryl methyl sites for hydroxylation is 1. The number of imidazole rings is 1. The average molecular weight is 499 g/mol. The summed E-state index contributed by atoms with van der Waals surface area (Å²) >= 11 is 0. The van der Waals surface area contributed by atoms with Gasteiger partial charge in [-0.25, -0.2) is 14.4 Å². The van der Waals surface area contributed by atoms with Crippen LogP contribution in [0.25, 0.3) is 11.8 Å². The van der Waals surface area contributed by atoms with Gasteiger partial charge >= 0.3 is 6.18 Å². The molecule has 0 fully saturated rings. The molecule has 11 heteroatoms. The van der Waals surface area contributed by atoms with Gasteiger partial charge in [0.15, 0.2) is 17.4 Å². The van der Waals surface area contributed by atoms with Crippen molar-refractivity contribution >= 4 is 17.6 Å². The quantitative estimate of drug-likeness (QED) is 0.307. The summed E-state index contributed by atoms with van der Waals surface area (Å²) in [6.07, 6.45) is 1.53. The molecule has 0 bridgehead atoms. The number of allylic oxidation sites excluding steroid dienone is 1. The Morgan fingerprint density at radius 3 is 2.53 bits per heavy atom. The Kier molecular flexibility index (Phi) is 5.70. The van der Waals surface area contributed by atoms with Crippen LogP contribution in [0.4, 0.5) is 33.5 Å². The standard InChI is InChI=1S/C25H18F5N5O/c1-13-5-15-3-4-20(21(26)19(15)6-13)36-24-22(27)23(31-11-32-24)34-17-7-16(25(28,29)30)8-18(9-17)35-10-14(2)33-12-35/h3-4,6-12H,5H2,1-2H3,(H,31,32,34). The molecule has 1 aliphatic rings. The summed E-state index contributed by atoms with van der Waals surface area (Å²) in [5.41, 5.74) is 1.85. The van der Waals surface area contributed by atoms with Gasteiger partial charge in [-0.3, -0.25) is 0 Å². The zero-order valence-electron chi connectivity index (χ0n) is 19.0. The molecule has 0 spiro atoms. The number of fused-ring (bicyclic) bond motifs is 1. The van der Waals surface area contributed by atoms with Crippen molar-refractivity contribution in [2.75, 3.05) is 5.32 Å². The fraction of sp³-hybridized carbons (Fsp3) is 0.160. The molecule has 0 aliphatic heterocycles. The lowest BCUT2D eigenvalue weighted by Crippen LogP contribution is -2.08. The van der Waals surface area contributed by atoms with Crippen LogP contribution in [-0.2, 0) is 12.6 Å². The number of alkyl halides is 3. The Hall–Kier alpha value is -4.28. The van der Waals surface area contributed by atoms with E-state index in [0.717, 1.165) is 29.6 Å². The van der Waals surface area contributed by atoms with Crippen LogP contribution in [-0.4, -0.2) is 19.5 Å². The second-order valence-corrected chi connectivity index (χ2v) is 8.38. The zero-order valence-corrected chi connectivity index (χ0v) is 19.0. The average Bonchev–Trinajstić information content (AvgIpc) is 3.43. The Morgan fingerprint density at radius 2 is 1.81 bits per heavy atom. The van der Waals surface area contributed by atoms with Gasteiger partial charge in [-0.15, -0.1) is 0 Å². The zero-order chi connectivity index (χ0) is 25.6. The molecule has 0 unspecified atom stereocenters. The Morgan fingerprint density at radius 1 is 1.00 bits per heavy atom. The van der Waals surface area contributed by atoms with Crippen LogP contribution in [0.5, 0.6) is 11.6 Å². The number of anilines is 2. The van der Waals surface area contributed by atoms with Crippen molar-refractivity contribution in [2.45, 2.75) is 26.4 Å². The third kappa shape index (κ3) is 4.51. The molecule has 0 atom stereocenters. The molecule has 0 saturated heterocycles. The number of rotatable bonds is 5. The smallest absolute Gasteiger partial charge is 0.416 e. The number of nitrogens with one attached hydrogen (secondary N) is 1. The first-order chi connectivity index (χ1) is 17.1. The first kappa shape index (κ1) is 23.5. The molecular weight excluding hydrogens is 481 g/mol. The highest BCUT2D eigenvalue weighted by molar-refractivity contribution is 5.66. The summed E-state index contributed by atoms with van der Waals surface area (Å²) in [4.78, 5) is 11.5. The second-order valence-electron chi connectivity index (χ2n) is 8.38. The van der Waals surface area contributed by atoms with E-state index in [1.807, 2.05) is 6.92 Å². The van der Waals surface area contributed by atoms with Gasteiger partial charge in [0.25, 0.3) is 5.88 Å². The predicted molar refractivity (Wildman–Crippen MR) is 122 cm³/mol. The number of ether oxygens (including phenoxy) is 1. The molecule has 36 heavy (non-hydrogen) atoms. The topological polar surface area (TPSA) is 64.9 Å². The van der Waals surface area contributed by atoms with Crippen molar-refractivity contribution in [2.24, 2.45) is 0 Å². The molecule has 1 aliphatic carbocycles. The summed E-state index contributed by atoms with van der Waals surface area (Å²) < 4.78 is 77.5. The molecule has 0 amide bonds. The lowest BCUT2D eigenvalue weighted by Gasteiger charge is -2.15.